The molecule has 0 atom stereocenters. The molecule has 0 bridgehead atoms. The first-order valence-corrected chi connectivity index (χ1v) is 5.22. The summed E-state index contributed by atoms with van der Waals surface area (Å²) in [6.45, 7) is 1.45. The van der Waals surface area contributed by atoms with E-state index in [2.05, 4.69) is 15.9 Å². The van der Waals surface area contributed by atoms with Crippen LogP contribution >= 0.6 is 38.5 Å². The van der Waals surface area contributed by atoms with Gasteiger partial charge in [-0.3, -0.25) is 0 Å². The van der Waals surface area contributed by atoms with Crippen molar-refractivity contribution in [1.82, 2.24) is 0 Å². The fourth-order valence-corrected chi connectivity index (χ4v) is 2.45. The molecule has 72 valence electrons. The van der Waals surface area contributed by atoms with E-state index < -0.39 is 11.7 Å². The van der Waals surface area contributed by atoms with Crippen molar-refractivity contribution in [2.75, 3.05) is 0 Å². The number of benzene rings is 1. The maximum absolute atomic E-state index is 12.4. The van der Waals surface area contributed by atoms with Crippen LogP contribution in [0.25, 0.3) is 0 Å². The summed E-state index contributed by atoms with van der Waals surface area (Å²) in [6, 6.07) is 2.80. The predicted octanol–water partition coefficient (Wildman–Crippen LogP) is 4.38. The lowest BCUT2D eigenvalue weighted by atomic mass is 10.1. The number of halogens is 5. The van der Waals surface area contributed by atoms with Crippen LogP contribution in [0.5, 0.6) is 0 Å². The summed E-state index contributed by atoms with van der Waals surface area (Å²) >= 11 is 4.94. The minimum atomic E-state index is -4.27. The first-order valence-electron chi connectivity index (χ1n) is 3.35. The van der Waals surface area contributed by atoms with Gasteiger partial charge in [0.1, 0.15) is 0 Å². The Hall–Kier alpha value is 0.220. The van der Waals surface area contributed by atoms with Gasteiger partial charge in [0.25, 0.3) is 0 Å². The van der Waals surface area contributed by atoms with Gasteiger partial charge in [-0.05, 0) is 47.2 Å². The van der Waals surface area contributed by atoms with Gasteiger partial charge in [0.2, 0.25) is 0 Å². The third-order valence-corrected chi connectivity index (χ3v) is 3.06. The van der Waals surface area contributed by atoms with Gasteiger partial charge in [-0.25, -0.2) is 0 Å². The second-order valence-electron chi connectivity index (χ2n) is 2.56. The van der Waals surface area contributed by atoms with Crippen molar-refractivity contribution >= 4 is 38.5 Å². The van der Waals surface area contributed by atoms with Gasteiger partial charge < -0.3 is 0 Å². The molecule has 0 saturated heterocycles. The van der Waals surface area contributed by atoms with E-state index in [-0.39, 0.29) is 5.56 Å². The molecular weight excluding hydrogens is 360 g/mol. The van der Waals surface area contributed by atoms with E-state index in [1.165, 1.54) is 6.92 Å². The molecule has 1 aromatic carbocycles. The maximum atomic E-state index is 12.4. The number of hydrogen-bond acceptors (Lipinski definition) is 0. The molecule has 0 unspecified atom stereocenters. The highest BCUT2D eigenvalue weighted by Crippen LogP contribution is 2.35. The van der Waals surface area contributed by atoms with Crippen LogP contribution in [0.2, 0.25) is 0 Å². The Morgan fingerprint density at radius 3 is 2.31 bits per heavy atom. The molecule has 0 heterocycles. The molecule has 0 spiro atoms. The van der Waals surface area contributed by atoms with Crippen molar-refractivity contribution in [2.24, 2.45) is 0 Å². The first kappa shape index (κ1) is 11.3. The molecule has 0 saturated carbocycles. The Bertz CT molecular complexity index is 333. The zero-order chi connectivity index (χ0) is 10.2. The lowest BCUT2D eigenvalue weighted by Crippen LogP contribution is -2.08. The molecule has 0 radical (unpaired) electrons. The zero-order valence-electron chi connectivity index (χ0n) is 6.54. The van der Waals surface area contributed by atoms with Crippen LogP contribution in [0.15, 0.2) is 16.6 Å². The molecule has 0 nitrogen and oxygen atoms in total. The molecule has 0 aliphatic rings. The maximum Gasteiger partial charge on any atom is 0.416 e. The molecular formula is C8H5BrF3I. The van der Waals surface area contributed by atoms with Crippen molar-refractivity contribution in [3.05, 3.63) is 31.3 Å². The highest BCUT2D eigenvalue weighted by Gasteiger charge is 2.33. The fourth-order valence-electron chi connectivity index (χ4n) is 0.940. The van der Waals surface area contributed by atoms with Gasteiger partial charge in [0.05, 0.1) is 5.56 Å². The Morgan fingerprint density at radius 1 is 1.31 bits per heavy atom. The SMILES string of the molecule is Cc1c(Br)cc(I)cc1C(F)(F)F. The Balaban J connectivity index is 3.37. The Morgan fingerprint density at radius 2 is 1.85 bits per heavy atom. The molecule has 0 aromatic heterocycles. The normalized spacial score (nSPS) is 11.8. The fraction of sp³-hybridized carbons (Fsp3) is 0.250. The van der Waals surface area contributed by atoms with Crippen LogP contribution in [-0.4, -0.2) is 0 Å². The topological polar surface area (TPSA) is 0 Å². The average molecular weight is 365 g/mol. The van der Waals surface area contributed by atoms with Crippen LogP contribution in [0.4, 0.5) is 13.2 Å². The molecule has 0 aliphatic heterocycles. The minimum Gasteiger partial charge on any atom is -0.166 e. The predicted molar refractivity (Wildman–Crippen MR) is 56.6 cm³/mol. The van der Waals surface area contributed by atoms with Gasteiger partial charge >= 0.3 is 6.18 Å². The van der Waals surface area contributed by atoms with E-state index in [4.69, 9.17) is 0 Å². The minimum absolute atomic E-state index is 0.230. The molecule has 0 amide bonds. The average Bonchev–Trinajstić information content (AvgIpc) is 1.94. The van der Waals surface area contributed by atoms with Gasteiger partial charge in [-0.15, -0.1) is 0 Å². The summed E-state index contributed by atoms with van der Waals surface area (Å²) in [5.41, 5.74) is -0.348. The van der Waals surface area contributed by atoms with Gasteiger partial charge in [-0.1, -0.05) is 15.9 Å². The number of rotatable bonds is 0. The van der Waals surface area contributed by atoms with Gasteiger partial charge in [-0.2, -0.15) is 13.2 Å². The molecule has 0 N–H and O–H groups in total. The summed E-state index contributed by atoms with van der Waals surface area (Å²) in [4.78, 5) is 0. The van der Waals surface area contributed by atoms with Crippen LogP contribution in [0.1, 0.15) is 11.1 Å². The van der Waals surface area contributed by atoms with E-state index in [0.29, 0.717) is 8.04 Å². The second-order valence-corrected chi connectivity index (χ2v) is 4.66. The lowest BCUT2D eigenvalue weighted by Gasteiger charge is -2.11. The number of alkyl halides is 3. The quantitative estimate of drug-likeness (QED) is 0.599. The summed E-state index contributed by atoms with van der Waals surface area (Å²) in [7, 11) is 0. The number of hydrogen-bond donors (Lipinski definition) is 0. The van der Waals surface area contributed by atoms with Crippen molar-refractivity contribution < 1.29 is 13.2 Å². The van der Waals surface area contributed by atoms with Gasteiger partial charge in [0.15, 0.2) is 0 Å². The summed E-state index contributed by atoms with van der Waals surface area (Å²) in [5, 5.41) is 0. The smallest absolute Gasteiger partial charge is 0.166 e. The largest absolute Gasteiger partial charge is 0.416 e. The lowest BCUT2D eigenvalue weighted by molar-refractivity contribution is -0.138. The van der Waals surface area contributed by atoms with E-state index in [1.807, 2.05) is 22.6 Å². The Kier molecular flexibility index (Phi) is 3.27. The van der Waals surface area contributed by atoms with Crippen molar-refractivity contribution in [2.45, 2.75) is 13.1 Å². The van der Waals surface area contributed by atoms with Crippen LogP contribution < -0.4 is 0 Å². The van der Waals surface area contributed by atoms with Crippen molar-refractivity contribution in [1.29, 1.82) is 0 Å². The molecule has 1 aromatic rings. The molecule has 0 aliphatic carbocycles. The van der Waals surface area contributed by atoms with E-state index in [1.54, 1.807) is 6.07 Å². The Labute approximate surface area is 95.8 Å². The summed E-state index contributed by atoms with van der Waals surface area (Å²) in [5.74, 6) is 0. The van der Waals surface area contributed by atoms with Crippen molar-refractivity contribution in [3.63, 3.8) is 0 Å². The van der Waals surface area contributed by atoms with Crippen LogP contribution in [0, 0.1) is 10.5 Å². The molecule has 5 heteroatoms. The highest BCUT2D eigenvalue weighted by atomic mass is 127. The van der Waals surface area contributed by atoms with E-state index in [0.717, 1.165) is 6.07 Å². The molecule has 13 heavy (non-hydrogen) atoms. The monoisotopic (exact) mass is 364 g/mol. The van der Waals surface area contributed by atoms with E-state index in [9.17, 15) is 13.2 Å². The zero-order valence-corrected chi connectivity index (χ0v) is 10.3. The first-order chi connectivity index (χ1) is 5.82. The highest BCUT2D eigenvalue weighted by molar-refractivity contribution is 14.1. The summed E-state index contributed by atoms with van der Waals surface area (Å²) < 4.78 is 38.2. The van der Waals surface area contributed by atoms with Crippen molar-refractivity contribution in [3.8, 4) is 0 Å². The van der Waals surface area contributed by atoms with E-state index >= 15 is 0 Å². The van der Waals surface area contributed by atoms with Gasteiger partial charge in [0, 0.05) is 8.04 Å². The standard InChI is InChI=1S/C8H5BrF3I/c1-4-6(8(10,11)12)2-5(13)3-7(4)9/h2-3H,1H3. The summed E-state index contributed by atoms with van der Waals surface area (Å²) in [6.07, 6.45) is -4.27. The third kappa shape index (κ3) is 2.59. The third-order valence-electron chi connectivity index (χ3n) is 1.61. The van der Waals surface area contributed by atoms with Crippen LogP contribution in [-0.2, 0) is 6.18 Å². The molecule has 1 rings (SSSR count). The second kappa shape index (κ2) is 3.76. The molecule has 0 fully saturated rings. The van der Waals surface area contributed by atoms with Crippen LogP contribution in [0.3, 0.4) is 0 Å².